The lowest BCUT2D eigenvalue weighted by Crippen LogP contribution is -2.64. The molecular formula is C30H44N2O7. The summed E-state index contributed by atoms with van der Waals surface area (Å²) in [6, 6.07) is 4.60. The van der Waals surface area contributed by atoms with Crippen LogP contribution in [-0.4, -0.2) is 95.9 Å². The Morgan fingerprint density at radius 2 is 1.90 bits per heavy atom. The van der Waals surface area contributed by atoms with Crippen LogP contribution in [0.3, 0.4) is 0 Å². The summed E-state index contributed by atoms with van der Waals surface area (Å²) in [5, 5.41) is 0. The third-order valence-electron chi connectivity index (χ3n) is 7.87. The third-order valence-corrected chi connectivity index (χ3v) is 7.87. The van der Waals surface area contributed by atoms with Gasteiger partial charge in [-0.2, -0.15) is 0 Å². The number of likely N-dealkylation sites (N-methyl/N-ethyl adjacent to an activating group) is 1. The highest BCUT2D eigenvalue weighted by molar-refractivity contribution is 5.84. The molecule has 39 heavy (non-hydrogen) atoms. The van der Waals surface area contributed by atoms with Gasteiger partial charge in [0, 0.05) is 44.9 Å². The van der Waals surface area contributed by atoms with Crippen LogP contribution in [0.15, 0.2) is 35.6 Å². The van der Waals surface area contributed by atoms with Crippen molar-refractivity contribution in [1.29, 1.82) is 0 Å². The summed E-state index contributed by atoms with van der Waals surface area (Å²) in [6.45, 7) is 3.09. The average molecular weight is 545 g/mol. The molecule has 1 amide bonds. The second-order valence-electron chi connectivity index (χ2n) is 10.1. The molecule has 2 bridgehead atoms. The second-order valence-corrected chi connectivity index (χ2v) is 10.1. The van der Waals surface area contributed by atoms with Crippen LogP contribution in [0.4, 0.5) is 0 Å². The van der Waals surface area contributed by atoms with Crippen LogP contribution in [0.25, 0.3) is 0 Å². The number of hydrogen-bond donors (Lipinski definition) is 0. The zero-order valence-corrected chi connectivity index (χ0v) is 24.4. The number of fused-ring (bicyclic) bond motifs is 6. The number of aldehydes is 1. The van der Waals surface area contributed by atoms with Crippen LogP contribution in [0.2, 0.25) is 0 Å². The molecule has 9 nitrogen and oxygen atoms in total. The van der Waals surface area contributed by atoms with Crippen LogP contribution < -0.4 is 9.47 Å². The Bertz CT molecular complexity index is 1040. The average Bonchev–Trinajstić information content (AvgIpc) is 2.94. The number of piperidine rings is 1. The lowest BCUT2D eigenvalue weighted by molar-refractivity contribution is -0.154. The molecule has 4 unspecified atom stereocenters. The standard InChI is InChI=1S/C18H24N2O3.C12H20O4/c1-19-13-5-4-6-14(19)18(21)20-8-7-11-9-12(22-2)10-15(23-3)16(11)17(13)20;1-10(15-3)7-11(5-6-13)8-12(16-4)9-14-2/h9-10,13-14,17H,4-8H2,1-3H3;6-8,10H,5,9H2,1-4H3/b;11-7-,12-8+. The molecule has 4 rings (SSSR count). The van der Waals surface area contributed by atoms with Gasteiger partial charge in [-0.25, -0.2) is 0 Å². The van der Waals surface area contributed by atoms with Crippen molar-refractivity contribution in [1.82, 2.24) is 9.80 Å². The van der Waals surface area contributed by atoms with Gasteiger partial charge in [0.25, 0.3) is 0 Å². The number of ether oxygens (including phenoxy) is 5. The van der Waals surface area contributed by atoms with Crippen LogP contribution in [0.1, 0.15) is 49.8 Å². The largest absolute Gasteiger partial charge is 0.499 e. The molecule has 0 spiro atoms. The summed E-state index contributed by atoms with van der Waals surface area (Å²) in [6.07, 6.45) is 8.95. The maximum Gasteiger partial charge on any atom is 0.240 e. The van der Waals surface area contributed by atoms with E-state index in [2.05, 4.69) is 22.9 Å². The Morgan fingerprint density at radius 1 is 1.13 bits per heavy atom. The highest BCUT2D eigenvalue weighted by atomic mass is 16.5. The van der Waals surface area contributed by atoms with E-state index in [-0.39, 0.29) is 24.1 Å². The number of rotatable bonds is 10. The Kier molecular flexibility index (Phi) is 11.4. The van der Waals surface area contributed by atoms with Crippen molar-refractivity contribution in [3.8, 4) is 11.5 Å². The second kappa shape index (κ2) is 14.5. The van der Waals surface area contributed by atoms with Crippen LogP contribution >= 0.6 is 0 Å². The predicted octanol–water partition coefficient (Wildman–Crippen LogP) is 3.71. The van der Waals surface area contributed by atoms with E-state index in [1.807, 2.05) is 19.1 Å². The first-order chi connectivity index (χ1) is 18.8. The van der Waals surface area contributed by atoms with E-state index in [0.29, 0.717) is 24.8 Å². The van der Waals surface area contributed by atoms with Crippen LogP contribution in [0, 0.1) is 0 Å². The molecule has 3 aliphatic rings. The Morgan fingerprint density at radius 3 is 2.51 bits per heavy atom. The molecule has 1 aromatic rings. The molecule has 2 fully saturated rings. The normalized spacial score (nSPS) is 23.6. The van der Waals surface area contributed by atoms with Gasteiger partial charge in [0.2, 0.25) is 5.91 Å². The maximum absolute atomic E-state index is 12.9. The summed E-state index contributed by atoms with van der Waals surface area (Å²) < 4.78 is 26.3. The van der Waals surface area contributed by atoms with Gasteiger partial charge >= 0.3 is 0 Å². The van der Waals surface area contributed by atoms with Crippen molar-refractivity contribution in [2.24, 2.45) is 0 Å². The van der Waals surface area contributed by atoms with Gasteiger partial charge in [0.05, 0.1) is 39.5 Å². The number of nitrogens with zero attached hydrogens (tertiary/aromatic N) is 2. The highest BCUT2D eigenvalue weighted by Gasteiger charge is 2.50. The fraction of sp³-hybridized carbons (Fsp3) is 0.600. The van der Waals surface area contributed by atoms with Crippen molar-refractivity contribution in [3.05, 3.63) is 46.7 Å². The highest BCUT2D eigenvalue weighted by Crippen LogP contribution is 2.47. The first-order valence-corrected chi connectivity index (χ1v) is 13.5. The molecule has 1 aromatic carbocycles. The Balaban J connectivity index is 0.000000233. The number of benzene rings is 1. The minimum atomic E-state index is -0.0353. The topological polar surface area (TPSA) is 86.8 Å². The number of methoxy groups -OCH3 is 5. The number of piperazine rings is 1. The monoisotopic (exact) mass is 544 g/mol. The van der Waals surface area contributed by atoms with Crippen molar-refractivity contribution < 1.29 is 33.3 Å². The Hall–Kier alpha value is -2.88. The smallest absolute Gasteiger partial charge is 0.240 e. The molecule has 0 saturated carbocycles. The van der Waals surface area contributed by atoms with Gasteiger partial charge in [-0.05, 0) is 62.9 Å². The van der Waals surface area contributed by atoms with Gasteiger partial charge in [-0.15, -0.1) is 0 Å². The minimum Gasteiger partial charge on any atom is -0.499 e. The lowest BCUT2D eigenvalue weighted by atomic mass is 9.78. The zero-order valence-electron chi connectivity index (χ0n) is 24.4. The molecule has 3 aliphatic heterocycles. The Labute approximate surface area is 232 Å². The van der Waals surface area contributed by atoms with Crippen LogP contribution in [0.5, 0.6) is 11.5 Å². The van der Waals surface area contributed by atoms with Crippen molar-refractivity contribution in [3.63, 3.8) is 0 Å². The quantitative estimate of drug-likeness (QED) is 0.250. The number of carbonyl (C=O) groups is 2. The van der Waals surface area contributed by atoms with Crippen molar-refractivity contribution in [2.45, 2.75) is 63.3 Å². The number of hydrogen-bond acceptors (Lipinski definition) is 8. The maximum atomic E-state index is 12.9. The summed E-state index contributed by atoms with van der Waals surface area (Å²) in [5.74, 6) is 2.64. The van der Waals surface area contributed by atoms with E-state index in [1.54, 1.807) is 41.6 Å². The predicted molar refractivity (Wildman–Crippen MR) is 149 cm³/mol. The fourth-order valence-corrected chi connectivity index (χ4v) is 5.85. The molecule has 0 N–H and O–H groups in total. The van der Waals surface area contributed by atoms with Gasteiger partial charge in [0.1, 0.15) is 30.2 Å². The van der Waals surface area contributed by atoms with Gasteiger partial charge in [-0.1, -0.05) is 6.08 Å². The fourth-order valence-electron chi connectivity index (χ4n) is 5.85. The molecule has 216 valence electrons. The molecule has 0 radical (unpaired) electrons. The molecule has 2 saturated heterocycles. The number of carbonyl (C=O) groups excluding carboxylic acids is 2. The minimum absolute atomic E-state index is 0.0353. The van der Waals surface area contributed by atoms with Crippen molar-refractivity contribution in [2.75, 3.05) is 55.7 Å². The molecule has 4 atom stereocenters. The lowest BCUT2D eigenvalue weighted by Gasteiger charge is -2.54. The van der Waals surface area contributed by atoms with E-state index < -0.39 is 0 Å². The molecule has 9 heteroatoms. The van der Waals surface area contributed by atoms with Gasteiger partial charge in [-0.3, -0.25) is 9.69 Å². The van der Waals surface area contributed by atoms with Gasteiger partial charge in [0.15, 0.2) is 0 Å². The zero-order chi connectivity index (χ0) is 28.5. The van der Waals surface area contributed by atoms with E-state index >= 15 is 0 Å². The summed E-state index contributed by atoms with van der Waals surface area (Å²) in [4.78, 5) is 27.9. The van der Waals surface area contributed by atoms with E-state index in [0.717, 1.165) is 55.6 Å². The number of amides is 1. The van der Waals surface area contributed by atoms with Gasteiger partial charge < -0.3 is 33.4 Å². The van der Waals surface area contributed by atoms with E-state index in [4.69, 9.17) is 23.7 Å². The third kappa shape index (κ3) is 7.01. The van der Waals surface area contributed by atoms with E-state index in [1.165, 1.54) is 11.1 Å². The summed E-state index contributed by atoms with van der Waals surface area (Å²) in [5.41, 5.74) is 3.30. The van der Waals surface area contributed by atoms with E-state index in [9.17, 15) is 9.59 Å². The number of allylic oxidation sites excluding steroid dienone is 2. The summed E-state index contributed by atoms with van der Waals surface area (Å²) >= 11 is 0. The molecule has 0 aliphatic carbocycles. The van der Waals surface area contributed by atoms with Crippen LogP contribution in [-0.2, 0) is 30.2 Å². The molecular weight excluding hydrogens is 500 g/mol. The van der Waals surface area contributed by atoms with Crippen molar-refractivity contribution >= 4 is 12.2 Å². The first kappa shape index (κ1) is 30.7. The molecule has 0 aromatic heterocycles. The molecule has 3 heterocycles. The summed E-state index contributed by atoms with van der Waals surface area (Å²) in [7, 11) is 10.3. The SMILES string of the molecule is COC/C(=C\C(=C/C(C)OC)CC=O)OC.COc1cc2c(c(OC)c1)C1C3CCCC(C(=O)N1CC2)N3C. The first-order valence-electron chi connectivity index (χ1n) is 13.5.